The number of carbonyl (C=O) groups is 1. The zero-order valence-corrected chi connectivity index (χ0v) is 17.0. The van der Waals surface area contributed by atoms with Crippen LogP contribution in [0.5, 0.6) is 0 Å². The lowest BCUT2D eigenvalue weighted by Gasteiger charge is -2.48. The van der Waals surface area contributed by atoms with Gasteiger partial charge in [-0.25, -0.2) is 14.4 Å². The maximum Gasteiger partial charge on any atom is 0.419 e. The van der Waals surface area contributed by atoms with E-state index in [4.69, 9.17) is 0 Å². The van der Waals surface area contributed by atoms with E-state index in [0.717, 1.165) is 25.2 Å². The molecule has 3 aliphatic rings. The second-order valence-electron chi connectivity index (χ2n) is 8.74. The summed E-state index contributed by atoms with van der Waals surface area (Å²) in [6.45, 7) is 0.496. The number of nitrogens with zero attached hydrogens (tertiary/aromatic N) is 6. The fraction of sp³-hybridized carbons (Fsp3) is 0.381. The average Bonchev–Trinajstić information content (AvgIpc) is 3.14. The molecule has 170 valence electrons. The number of aromatic nitrogens is 5. The molecular formula is C21H17F4N7O. The van der Waals surface area contributed by atoms with Gasteiger partial charge in [0.1, 0.15) is 17.1 Å². The number of amides is 1. The van der Waals surface area contributed by atoms with Crippen LogP contribution in [0.4, 0.5) is 23.5 Å². The molecular weight excluding hydrogens is 442 g/mol. The topological polar surface area (TPSA) is 88.8 Å². The van der Waals surface area contributed by atoms with Crippen LogP contribution in [0, 0.1) is 17.2 Å². The van der Waals surface area contributed by atoms with Crippen molar-refractivity contribution in [3.8, 4) is 5.69 Å². The smallest absolute Gasteiger partial charge is 0.349 e. The first-order valence-corrected chi connectivity index (χ1v) is 10.4. The second-order valence-corrected chi connectivity index (χ2v) is 8.74. The first kappa shape index (κ1) is 20.1. The Labute approximate surface area is 184 Å². The van der Waals surface area contributed by atoms with E-state index < -0.39 is 23.5 Å². The largest absolute Gasteiger partial charge is 0.419 e. The summed E-state index contributed by atoms with van der Waals surface area (Å²) < 4.78 is 53.2. The van der Waals surface area contributed by atoms with Crippen molar-refractivity contribution in [2.75, 3.05) is 11.9 Å². The molecule has 1 aromatic carbocycles. The van der Waals surface area contributed by atoms with Crippen molar-refractivity contribution >= 4 is 11.9 Å². The number of nitrogens with one attached hydrogen (secondary N) is 1. The molecule has 1 N–H and O–H groups in total. The van der Waals surface area contributed by atoms with Gasteiger partial charge in [-0.2, -0.15) is 28.2 Å². The van der Waals surface area contributed by atoms with E-state index in [2.05, 4.69) is 25.5 Å². The Bertz CT molecular complexity index is 1230. The third-order valence-electron chi connectivity index (χ3n) is 7.00. The van der Waals surface area contributed by atoms with E-state index in [9.17, 15) is 22.4 Å². The Kier molecular flexibility index (Phi) is 4.08. The van der Waals surface area contributed by atoms with Gasteiger partial charge >= 0.3 is 6.18 Å². The summed E-state index contributed by atoms with van der Waals surface area (Å²) in [6, 6.07) is 3.83. The Hall–Kier alpha value is -3.57. The van der Waals surface area contributed by atoms with E-state index in [-0.39, 0.29) is 34.7 Å². The summed E-state index contributed by atoms with van der Waals surface area (Å²) in [5, 5.41) is 11.1. The predicted molar refractivity (Wildman–Crippen MR) is 106 cm³/mol. The van der Waals surface area contributed by atoms with Crippen molar-refractivity contribution in [1.29, 1.82) is 0 Å². The fourth-order valence-corrected chi connectivity index (χ4v) is 5.45. The molecule has 2 aliphatic carbocycles. The SMILES string of the molecule is O=C(c1c(F)cccc1-n1nccn1)N1CC2CC23CC(Nc2ncc(C(F)(F)F)cn2)C13. The van der Waals surface area contributed by atoms with E-state index in [1.165, 1.54) is 29.3 Å². The molecule has 0 radical (unpaired) electrons. The summed E-state index contributed by atoms with van der Waals surface area (Å²) in [5.41, 5.74) is -0.831. The highest BCUT2D eigenvalue weighted by molar-refractivity contribution is 5.98. The van der Waals surface area contributed by atoms with Crippen molar-refractivity contribution in [2.24, 2.45) is 11.3 Å². The van der Waals surface area contributed by atoms with Crippen LogP contribution >= 0.6 is 0 Å². The van der Waals surface area contributed by atoms with Crippen LogP contribution in [0.1, 0.15) is 28.8 Å². The fourth-order valence-electron chi connectivity index (χ4n) is 5.45. The molecule has 1 amide bonds. The number of likely N-dealkylation sites (tertiary alicyclic amines) is 1. The maximum absolute atomic E-state index is 14.8. The van der Waals surface area contributed by atoms with Crippen LogP contribution in [0.15, 0.2) is 43.0 Å². The summed E-state index contributed by atoms with van der Waals surface area (Å²) in [5.74, 6) is -0.737. The third kappa shape index (κ3) is 3.00. The molecule has 4 atom stereocenters. The predicted octanol–water partition coefficient (Wildman–Crippen LogP) is 2.93. The van der Waals surface area contributed by atoms with Crippen LogP contribution in [0.3, 0.4) is 0 Å². The molecule has 4 unspecified atom stereocenters. The Morgan fingerprint density at radius 3 is 2.55 bits per heavy atom. The van der Waals surface area contributed by atoms with Gasteiger partial charge in [-0.1, -0.05) is 6.07 Å². The van der Waals surface area contributed by atoms with Gasteiger partial charge in [0.15, 0.2) is 0 Å². The molecule has 1 spiro atoms. The average molecular weight is 459 g/mol. The first-order chi connectivity index (χ1) is 15.8. The lowest BCUT2D eigenvalue weighted by Crippen LogP contribution is -2.60. The summed E-state index contributed by atoms with van der Waals surface area (Å²) in [7, 11) is 0. The van der Waals surface area contributed by atoms with Gasteiger partial charge in [-0.15, -0.1) is 0 Å². The second kappa shape index (κ2) is 6.72. The number of piperidine rings is 1. The molecule has 3 aromatic rings. The molecule has 12 heteroatoms. The molecule has 6 rings (SSSR count). The molecule has 0 bridgehead atoms. The van der Waals surface area contributed by atoms with Crippen LogP contribution in [-0.2, 0) is 6.18 Å². The first-order valence-electron chi connectivity index (χ1n) is 10.4. The van der Waals surface area contributed by atoms with Gasteiger partial charge in [0, 0.05) is 18.9 Å². The molecule has 2 saturated carbocycles. The number of halogens is 4. The molecule has 33 heavy (non-hydrogen) atoms. The lowest BCUT2D eigenvalue weighted by molar-refractivity contribution is -0.138. The lowest BCUT2D eigenvalue weighted by atomic mass is 9.71. The minimum atomic E-state index is -4.52. The number of anilines is 1. The molecule has 2 aromatic heterocycles. The minimum absolute atomic E-state index is 0.0331. The molecule has 3 fully saturated rings. The van der Waals surface area contributed by atoms with Gasteiger partial charge in [-0.05, 0) is 36.3 Å². The quantitative estimate of drug-likeness (QED) is 0.604. The van der Waals surface area contributed by atoms with Gasteiger partial charge in [-0.3, -0.25) is 4.79 Å². The van der Waals surface area contributed by atoms with E-state index in [1.54, 1.807) is 11.0 Å². The zero-order valence-electron chi connectivity index (χ0n) is 17.0. The van der Waals surface area contributed by atoms with Gasteiger partial charge < -0.3 is 10.2 Å². The molecule has 1 saturated heterocycles. The van der Waals surface area contributed by atoms with Crippen LogP contribution < -0.4 is 5.32 Å². The third-order valence-corrected chi connectivity index (χ3v) is 7.00. The van der Waals surface area contributed by atoms with Crippen molar-refractivity contribution in [3.05, 3.63) is 59.9 Å². The van der Waals surface area contributed by atoms with Crippen molar-refractivity contribution in [2.45, 2.75) is 31.1 Å². The standard InChI is InChI=1S/C21H17F4N7O/c22-13-2-1-3-15(32-28-4-5-29-32)16(13)18(33)31-10-11-6-20(11)7-14(17(20)31)30-19-26-8-12(9-27-19)21(23,24)25/h1-5,8-9,11,14,17H,6-7,10H2,(H,26,27,30). The number of hydrogen-bond acceptors (Lipinski definition) is 6. The Morgan fingerprint density at radius 2 is 1.85 bits per heavy atom. The Morgan fingerprint density at radius 1 is 1.12 bits per heavy atom. The highest BCUT2D eigenvalue weighted by Gasteiger charge is 2.75. The van der Waals surface area contributed by atoms with E-state index >= 15 is 0 Å². The number of benzene rings is 1. The van der Waals surface area contributed by atoms with Crippen LogP contribution in [0.25, 0.3) is 5.69 Å². The normalized spacial score (nSPS) is 27.5. The Balaban J connectivity index is 1.27. The zero-order chi connectivity index (χ0) is 23.0. The summed E-state index contributed by atoms with van der Waals surface area (Å²) >= 11 is 0. The van der Waals surface area contributed by atoms with Crippen molar-refractivity contribution in [1.82, 2.24) is 29.9 Å². The van der Waals surface area contributed by atoms with Crippen LogP contribution in [-0.4, -0.2) is 54.4 Å². The monoisotopic (exact) mass is 459 g/mol. The maximum atomic E-state index is 14.8. The van der Waals surface area contributed by atoms with Gasteiger partial charge in [0.05, 0.1) is 30.0 Å². The molecule has 8 nitrogen and oxygen atoms in total. The molecule has 1 aliphatic heterocycles. The number of carbonyl (C=O) groups excluding carboxylic acids is 1. The van der Waals surface area contributed by atoms with Crippen molar-refractivity contribution < 1.29 is 22.4 Å². The van der Waals surface area contributed by atoms with E-state index in [1.807, 2.05) is 0 Å². The molecule has 3 heterocycles. The summed E-state index contributed by atoms with van der Waals surface area (Å²) in [4.78, 5) is 23.9. The van der Waals surface area contributed by atoms with Gasteiger partial charge in [0.25, 0.3) is 5.91 Å². The number of rotatable bonds is 4. The minimum Gasteiger partial charge on any atom is -0.349 e. The number of hydrogen-bond donors (Lipinski definition) is 1. The summed E-state index contributed by atoms with van der Waals surface area (Å²) in [6.07, 6.45) is 1.54. The van der Waals surface area contributed by atoms with Crippen molar-refractivity contribution in [3.63, 3.8) is 0 Å². The van der Waals surface area contributed by atoms with E-state index in [0.29, 0.717) is 12.5 Å². The highest BCUT2D eigenvalue weighted by Crippen LogP contribution is 2.71. The van der Waals surface area contributed by atoms with Crippen LogP contribution in [0.2, 0.25) is 0 Å². The highest BCUT2D eigenvalue weighted by atomic mass is 19.4. The van der Waals surface area contributed by atoms with Gasteiger partial charge in [0.2, 0.25) is 5.95 Å². The number of alkyl halides is 3.